The van der Waals surface area contributed by atoms with Gasteiger partial charge in [0.25, 0.3) is 0 Å². The molecule has 0 saturated carbocycles. The molecule has 3 heterocycles. The molecule has 1 aliphatic rings. The van der Waals surface area contributed by atoms with Crippen molar-refractivity contribution in [1.29, 1.82) is 0 Å². The molecule has 28 heavy (non-hydrogen) atoms. The number of nitrogens with two attached hydrogens (primary N) is 2. The van der Waals surface area contributed by atoms with E-state index in [2.05, 4.69) is 25.0 Å². The molecule has 1 aliphatic heterocycles. The van der Waals surface area contributed by atoms with Crippen molar-refractivity contribution in [2.45, 2.75) is 36.8 Å². The number of hydrogen-bond acceptors (Lipinski definition) is 11. The topological polar surface area (TPSA) is 199 Å². The number of fused-ring (bicyclic) bond motifs is 1. The van der Waals surface area contributed by atoms with E-state index in [-0.39, 0.29) is 18.8 Å². The number of nitrogens with one attached hydrogen (secondary N) is 2. The molecule has 3 rings (SSSR count). The van der Waals surface area contributed by atoms with Gasteiger partial charge in [-0.1, -0.05) is 0 Å². The molecule has 2 aromatic rings. The number of aliphatic hydroxyl groups excluding tert-OH is 2. The third kappa shape index (κ3) is 3.75. The monoisotopic (exact) mass is 394 g/mol. The van der Waals surface area contributed by atoms with E-state index < -0.39 is 42.3 Å². The van der Waals surface area contributed by atoms with Crippen LogP contribution in [0.3, 0.4) is 0 Å². The Morgan fingerprint density at radius 2 is 2.07 bits per heavy atom. The molecule has 152 valence electrons. The molecule has 0 aliphatic carbocycles. The molecular weight excluding hydrogens is 372 g/mol. The summed E-state index contributed by atoms with van der Waals surface area (Å²) in [5.41, 5.74) is 12.9. The van der Waals surface area contributed by atoms with Crippen LogP contribution in [0.4, 0.5) is 5.82 Å². The molecule has 0 spiro atoms. The van der Waals surface area contributed by atoms with Gasteiger partial charge >= 0.3 is 11.9 Å². The fraction of sp³-hybridized carbons (Fsp3) is 0.500. The Hall–Kier alpha value is -2.80. The highest BCUT2D eigenvalue weighted by atomic mass is 16.5. The molecule has 8 N–H and O–H groups in total. The lowest BCUT2D eigenvalue weighted by atomic mass is 10.0. The Balaban J connectivity index is 1.65. The fourth-order valence-corrected chi connectivity index (χ4v) is 3.16. The summed E-state index contributed by atoms with van der Waals surface area (Å²) in [6.07, 6.45) is 0.191. The third-order valence-electron chi connectivity index (χ3n) is 4.67. The number of hydrogen-bond donors (Lipinski definition) is 6. The molecule has 1 fully saturated rings. The van der Waals surface area contributed by atoms with Gasteiger partial charge in [-0.05, 0) is 0 Å². The molecule has 2 aromatic heterocycles. The molecule has 12 nitrogen and oxygen atoms in total. The number of aromatic nitrogens is 3. The zero-order valence-corrected chi connectivity index (χ0v) is 15.0. The summed E-state index contributed by atoms with van der Waals surface area (Å²) in [4.78, 5) is 34.1. The molecule has 0 radical (unpaired) electrons. The van der Waals surface area contributed by atoms with Crippen molar-refractivity contribution < 1.29 is 29.3 Å². The number of anilines is 1. The van der Waals surface area contributed by atoms with Crippen LogP contribution in [0.2, 0.25) is 0 Å². The van der Waals surface area contributed by atoms with E-state index >= 15 is 0 Å². The minimum atomic E-state index is -1.20. The highest BCUT2D eigenvalue weighted by Gasteiger charge is 2.43. The summed E-state index contributed by atoms with van der Waals surface area (Å²) in [6, 6.07) is -2.53. The quantitative estimate of drug-likeness (QED) is 0.288. The Bertz CT molecular complexity index is 872. The maximum Gasteiger partial charge on any atom is 0.323 e. The predicted octanol–water partition coefficient (Wildman–Crippen LogP) is -2.29. The fourth-order valence-electron chi connectivity index (χ4n) is 3.16. The predicted molar refractivity (Wildman–Crippen MR) is 95.5 cm³/mol. The minimum Gasteiger partial charge on any atom is -0.468 e. The second kappa shape index (κ2) is 8.06. The van der Waals surface area contributed by atoms with E-state index in [4.69, 9.17) is 16.2 Å². The smallest absolute Gasteiger partial charge is 0.323 e. The van der Waals surface area contributed by atoms with Crippen molar-refractivity contribution in [3.8, 4) is 0 Å². The van der Waals surface area contributed by atoms with Gasteiger partial charge in [0.05, 0.1) is 31.1 Å². The number of H-pyrrole nitrogens is 1. The molecule has 0 aromatic carbocycles. The van der Waals surface area contributed by atoms with Crippen LogP contribution in [0.1, 0.15) is 18.0 Å². The number of carbonyl (C=O) groups excluding carboxylic acids is 2. The average molecular weight is 394 g/mol. The lowest BCUT2D eigenvalue weighted by Crippen LogP contribution is -2.39. The molecule has 0 bridgehead atoms. The molecule has 1 saturated heterocycles. The van der Waals surface area contributed by atoms with Gasteiger partial charge in [-0.25, -0.2) is 9.97 Å². The Morgan fingerprint density at radius 3 is 2.79 bits per heavy atom. The van der Waals surface area contributed by atoms with E-state index in [1.807, 2.05) is 0 Å². The summed E-state index contributed by atoms with van der Waals surface area (Å²) in [5, 5.41) is 23.8. The van der Waals surface area contributed by atoms with Gasteiger partial charge in [0.1, 0.15) is 36.7 Å². The average Bonchev–Trinajstić information content (AvgIpc) is 3.22. The minimum absolute atomic E-state index is 0.221. The largest absolute Gasteiger partial charge is 0.468 e. The molecular formula is C16H22N6O6. The van der Waals surface area contributed by atoms with E-state index in [1.165, 1.54) is 6.33 Å². The lowest BCUT2D eigenvalue weighted by Gasteiger charge is -2.16. The first-order chi connectivity index (χ1) is 13.3. The maximum atomic E-state index is 11.8. The second-order valence-electron chi connectivity index (χ2n) is 6.48. The van der Waals surface area contributed by atoms with Crippen LogP contribution in [0.25, 0.3) is 11.0 Å². The normalized spacial score (nSPS) is 25.6. The van der Waals surface area contributed by atoms with Crippen molar-refractivity contribution in [2.24, 2.45) is 5.73 Å². The highest BCUT2D eigenvalue weighted by Crippen LogP contribution is 2.32. The van der Waals surface area contributed by atoms with Gasteiger partial charge in [-0.2, -0.15) is 0 Å². The van der Waals surface area contributed by atoms with Crippen molar-refractivity contribution in [3.05, 3.63) is 18.1 Å². The first-order valence-corrected chi connectivity index (χ1v) is 8.52. The second-order valence-corrected chi connectivity index (χ2v) is 6.48. The van der Waals surface area contributed by atoms with Crippen molar-refractivity contribution in [1.82, 2.24) is 20.3 Å². The van der Waals surface area contributed by atoms with Crippen LogP contribution in [-0.2, 0) is 19.1 Å². The molecule has 12 heteroatoms. The van der Waals surface area contributed by atoms with Crippen molar-refractivity contribution in [2.75, 3.05) is 19.5 Å². The van der Waals surface area contributed by atoms with Gasteiger partial charge in [0.15, 0.2) is 5.82 Å². The number of esters is 2. The summed E-state index contributed by atoms with van der Waals surface area (Å²) >= 11 is 0. The van der Waals surface area contributed by atoms with Gasteiger partial charge in [0, 0.05) is 11.8 Å². The number of rotatable bonds is 6. The Labute approximate surface area is 159 Å². The van der Waals surface area contributed by atoms with E-state index in [1.54, 1.807) is 6.20 Å². The van der Waals surface area contributed by atoms with Crippen LogP contribution < -0.4 is 16.8 Å². The van der Waals surface area contributed by atoms with E-state index in [0.717, 1.165) is 7.11 Å². The maximum absolute atomic E-state index is 11.8. The summed E-state index contributed by atoms with van der Waals surface area (Å²) < 4.78 is 9.51. The third-order valence-corrected chi connectivity index (χ3v) is 4.67. The van der Waals surface area contributed by atoms with Gasteiger partial charge in [-0.3, -0.25) is 14.9 Å². The number of aromatic amines is 1. The molecule has 1 unspecified atom stereocenters. The zero-order chi connectivity index (χ0) is 20.4. The molecule has 0 amide bonds. The van der Waals surface area contributed by atoms with Crippen LogP contribution in [0.5, 0.6) is 0 Å². The van der Waals surface area contributed by atoms with Crippen LogP contribution in [0, 0.1) is 0 Å². The van der Waals surface area contributed by atoms with Gasteiger partial charge in [0.2, 0.25) is 0 Å². The number of carbonyl (C=O) groups is 2. The van der Waals surface area contributed by atoms with Crippen LogP contribution >= 0.6 is 0 Å². The number of nitrogens with zero attached hydrogens (tertiary/aromatic N) is 2. The standard InChI is InChI=1S/C16H22N6O6/c1-27-16(26)7(17)2-9(23)28-4-8-13(24)14(25)11(22-8)6-3-19-12-10(6)20-5-21-15(12)18/h3,5,7-8,11,13-14,19,22,24-25H,2,4,17H2,1H3,(H2,18,20,21)/t7?,8-,11+,13-,14+/m1/s1. The Morgan fingerprint density at radius 1 is 1.32 bits per heavy atom. The van der Waals surface area contributed by atoms with E-state index in [9.17, 15) is 19.8 Å². The van der Waals surface area contributed by atoms with E-state index in [0.29, 0.717) is 16.6 Å². The van der Waals surface area contributed by atoms with Crippen LogP contribution in [-0.4, -0.2) is 75.1 Å². The highest BCUT2D eigenvalue weighted by molar-refractivity contribution is 5.87. The number of ether oxygens (including phenoxy) is 2. The molecule has 5 atom stereocenters. The number of nitrogen functional groups attached to an aromatic ring is 1. The summed E-state index contributed by atoms with van der Waals surface area (Å²) in [6.45, 7) is -0.221. The summed E-state index contributed by atoms with van der Waals surface area (Å²) in [5.74, 6) is -1.19. The summed E-state index contributed by atoms with van der Waals surface area (Å²) in [7, 11) is 1.16. The Kier molecular flexibility index (Phi) is 5.74. The van der Waals surface area contributed by atoms with Crippen molar-refractivity contribution in [3.63, 3.8) is 0 Å². The first kappa shape index (κ1) is 19.9. The number of aliphatic hydroxyl groups is 2. The van der Waals surface area contributed by atoms with Gasteiger partial charge in [-0.15, -0.1) is 0 Å². The van der Waals surface area contributed by atoms with Crippen molar-refractivity contribution >= 4 is 28.8 Å². The zero-order valence-electron chi connectivity index (χ0n) is 15.0. The van der Waals surface area contributed by atoms with Gasteiger partial charge < -0.3 is 36.1 Å². The number of methoxy groups -OCH3 is 1. The first-order valence-electron chi connectivity index (χ1n) is 8.52. The van der Waals surface area contributed by atoms with Crippen LogP contribution in [0.15, 0.2) is 12.5 Å². The lowest BCUT2D eigenvalue weighted by molar-refractivity contribution is -0.151. The SMILES string of the molecule is COC(=O)C(N)CC(=O)OC[C@H]1N[C@@H](c2c[nH]c3c(N)ncnc23)[C@H](O)[C@@H]1O.